The second kappa shape index (κ2) is 8.13. The number of carboxylic acids is 1. The van der Waals surface area contributed by atoms with E-state index in [1.807, 2.05) is 0 Å². The molecule has 3 aromatic rings. The van der Waals surface area contributed by atoms with Gasteiger partial charge in [-0.25, -0.2) is 4.79 Å². The number of phenolic OH excluding ortho intramolecular Hbond substituents is 2. The van der Waals surface area contributed by atoms with Gasteiger partial charge in [-0.3, -0.25) is 4.79 Å². The number of phenols is 2. The highest BCUT2D eigenvalue weighted by molar-refractivity contribution is 5.89. The molecule has 0 aliphatic carbocycles. The number of aliphatic carboxylic acids is 1. The molecule has 0 amide bonds. The predicted octanol–water partition coefficient (Wildman–Crippen LogP) is 0.142. The first kappa shape index (κ1) is 21.6. The van der Waals surface area contributed by atoms with E-state index in [2.05, 4.69) is 0 Å². The van der Waals surface area contributed by atoms with E-state index >= 15 is 0 Å². The van der Waals surface area contributed by atoms with E-state index in [9.17, 15) is 35.1 Å². The predicted molar refractivity (Wildman–Crippen MR) is 106 cm³/mol. The fraction of sp³-hybridized carbons (Fsp3) is 0.238. The normalized spacial score (nSPS) is 25.5. The number of benzene rings is 2. The van der Waals surface area contributed by atoms with Gasteiger partial charge in [-0.05, 0) is 0 Å². The zero-order valence-corrected chi connectivity index (χ0v) is 16.2. The quantitative estimate of drug-likeness (QED) is 0.320. The number of aromatic hydroxyl groups is 2. The smallest absolute Gasteiger partial charge is 0.335 e. The summed E-state index contributed by atoms with van der Waals surface area (Å²) in [5.41, 5.74) is -0.254. The summed E-state index contributed by atoms with van der Waals surface area (Å²) < 4.78 is 15.8. The second-order valence-corrected chi connectivity index (χ2v) is 7.14. The molecule has 32 heavy (non-hydrogen) atoms. The Morgan fingerprint density at radius 1 is 0.969 bits per heavy atom. The Morgan fingerprint density at radius 3 is 2.31 bits per heavy atom. The molecule has 1 saturated heterocycles. The zero-order valence-electron chi connectivity index (χ0n) is 16.2. The summed E-state index contributed by atoms with van der Waals surface area (Å²) in [5, 5.41) is 59.4. The molecule has 5 unspecified atom stereocenters. The van der Waals surface area contributed by atoms with Crippen LogP contribution < -0.4 is 10.2 Å². The van der Waals surface area contributed by atoms with Crippen LogP contribution in [0.5, 0.6) is 17.2 Å². The summed E-state index contributed by atoms with van der Waals surface area (Å²) in [6, 6.07) is 10.8. The molecule has 1 aliphatic rings. The first-order chi connectivity index (χ1) is 15.2. The van der Waals surface area contributed by atoms with Gasteiger partial charge in [-0.1, -0.05) is 30.3 Å². The third kappa shape index (κ3) is 3.63. The van der Waals surface area contributed by atoms with E-state index in [1.165, 1.54) is 0 Å². The highest BCUT2D eigenvalue weighted by atomic mass is 16.7. The second-order valence-electron chi connectivity index (χ2n) is 7.14. The van der Waals surface area contributed by atoms with Crippen LogP contribution >= 0.6 is 0 Å². The zero-order chi connectivity index (χ0) is 23.2. The number of hydrogen-bond donors (Lipinski definition) is 6. The first-order valence-corrected chi connectivity index (χ1v) is 9.36. The number of aliphatic hydroxyl groups is 3. The van der Waals surface area contributed by atoms with Crippen LogP contribution in [0.4, 0.5) is 0 Å². The molecular weight excluding hydrogens is 428 g/mol. The first-order valence-electron chi connectivity index (χ1n) is 9.36. The average Bonchev–Trinajstić information content (AvgIpc) is 2.76. The molecule has 168 valence electrons. The number of ether oxygens (including phenoxy) is 2. The maximum atomic E-state index is 12.7. The molecule has 2 heterocycles. The summed E-state index contributed by atoms with van der Waals surface area (Å²) in [4.78, 5) is 23.9. The van der Waals surface area contributed by atoms with Gasteiger partial charge >= 0.3 is 5.97 Å². The van der Waals surface area contributed by atoms with Gasteiger partial charge in [0.2, 0.25) is 12.0 Å². The summed E-state index contributed by atoms with van der Waals surface area (Å²) in [6.07, 6.45) is -9.71. The molecule has 0 radical (unpaired) electrons. The third-order valence-corrected chi connectivity index (χ3v) is 5.03. The van der Waals surface area contributed by atoms with Crippen molar-refractivity contribution >= 4 is 16.9 Å². The van der Waals surface area contributed by atoms with Crippen molar-refractivity contribution in [3.05, 3.63) is 52.7 Å². The van der Waals surface area contributed by atoms with Crippen molar-refractivity contribution in [3.8, 4) is 28.6 Å². The van der Waals surface area contributed by atoms with Crippen LogP contribution in [0.2, 0.25) is 0 Å². The lowest BCUT2D eigenvalue weighted by Gasteiger charge is -2.38. The standard InChI is InChI=1S/C21H18O11/c22-9-6-11(8-4-2-1-3-5-8)30-12-7-10(23)18(14(24)13(9)12)31-21-17(27)15(25)16(26)19(32-21)20(28)29/h1-7,15-17,19,21,23-27H,(H,28,29). The fourth-order valence-corrected chi connectivity index (χ4v) is 3.40. The highest BCUT2D eigenvalue weighted by Crippen LogP contribution is 2.43. The van der Waals surface area contributed by atoms with Gasteiger partial charge in [-0.2, -0.15) is 0 Å². The Balaban J connectivity index is 1.75. The molecule has 0 bridgehead atoms. The number of rotatable bonds is 4. The summed E-state index contributed by atoms with van der Waals surface area (Å²) in [5.74, 6) is -3.74. The Labute approximate surface area is 178 Å². The van der Waals surface area contributed by atoms with Gasteiger partial charge in [0.05, 0.1) is 0 Å². The van der Waals surface area contributed by atoms with Crippen LogP contribution in [-0.2, 0) is 9.53 Å². The van der Waals surface area contributed by atoms with E-state index in [1.54, 1.807) is 30.3 Å². The molecule has 5 atom stereocenters. The molecule has 11 nitrogen and oxygen atoms in total. The maximum Gasteiger partial charge on any atom is 0.335 e. The van der Waals surface area contributed by atoms with Crippen molar-refractivity contribution in [1.29, 1.82) is 0 Å². The van der Waals surface area contributed by atoms with E-state index in [4.69, 9.17) is 19.0 Å². The number of fused-ring (bicyclic) bond motifs is 1. The minimum atomic E-state index is -1.96. The molecule has 1 fully saturated rings. The van der Waals surface area contributed by atoms with Gasteiger partial charge in [0, 0.05) is 17.7 Å². The van der Waals surface area contributed by atoms with Crippen LogP contribution in [-0.4, -0.2) is 67.3 Å². The van der Waals surface area contributed by atoms with E-state index < -0.39 is 59.4 Å². The van der Waals surface area contributed by atoms with Crippen LogP contribution in [0.1, 0.15) is 0 Å². The molecule has 11 heteroatoms. The summed E-state index contributed by atoms with van der Waals surface area (Å²) in [7, 11) is 0. The monoisotopic (exact) mass is 446 g/mol. The molecule has 4 rings (SSSR count). The molecular formula is C21H18O11. The van der Waals surface area contributed by atoms with E-state index in [0.717, 1.165) is 12.1 Å². The van der Waals surface area contributed by atoms with Crippen molar-refractivity contribution in [2.45, 2.75) is 30.7 Å². The minimum Gasteiger partial charge on any atom is -0.504 e. The number of hydrogen-bond acceptors (Lipinski definition) is 10. The van der Waals surface area contributed by atoms with Crippen LogP contribution in [0.15, 0.2) is 51.7 Å². The van der Waals surface area contributed by atoms with Gasteiger partial charge in [0.1, 0.15) is 35.0 Å². The van der Waals surface area contributed by atoms with Crippen LogP contribution in [0.3, 0.4) is 0 Å². The number of carbonyl (C=O) groups is 1. The molecule has 1 aromatic heterocycles. The van der Waals surface area contributed by atoms with Crippen molar-refractivity contribution in [3.63, 3.8) is 0 Å². The van der Waals surface area contributed by atoms with Gasteiger partial charge in [0.15, 0.2) is 23.0 Å². The molecule has 2 aromatic carbocycles. The molecule has 1 aliphatic heterocycles. The summed E-state index contributed by atoms with van der Waals surface area (Å²) in [6.45, 7) is 0. The third-order valence-electron chi connectivity index (χ3n) is 5.03. The number of carboxylic acid groups (broad SMARTS) is 1. The van der Waals surface area contributed by atoms with Crippen molar-refractivity contribution in [2.75, 3.05) is 0 Å². The Hall–Kier alpha value is -3.64. The molecule has 0 saturated carbocycles. The fourth-order valence-electron chi connectivity index (χ4n) is 3.40. The lowest BCUT2D eigenvalue weighted by molar-refractivity contribution is -0.271. The summed E-state index contributed by atoms with van der Waals surface area (Å²) >= 11 is 0. The Bertz CT molecular complexity index is 1220. The van der Waals surface area contributed by atoms with E-state index in [0.29, 0.717) is 5.56 Å². The highest BCUT2D eigenvalue weighted by Gasteiger charge is 2.48. The molecule has 0 spiro atoms. The van der Waals surface area contributed by atoms with Gasteiger partial charge in [-0.15, -0.1) is 0 Å². The van der Waals surface area contributed by atoms with Gasteiger partial charge < -0.3 is 44.5 Å². The average molecular weight is 446 g/mol. The van der Waals surface area contributed by atoms with Crippen molar-refractivity contribution in [2.24, 2.45) is 0 Å². The van der Waals surface area contributed by atoms with E-state index in [-0.39, 0.29) is 16.7 Å². The van der Waals surface area contributed by atoms with Crippen molar-refractivity contribution in [1.82, 2.24) is 0 Å². The largest absolute Gasteiger partial charge is 0.504 e. The molecule has 6 N–H and O–H groups in total. The Morgan fingerprint density at radius 2 is 1.66 bits per heavy atom. The minimum absolute atomic E-state index is 0.164. The lowest BCUT2D eigenvalue weighted by Crippen LogP contribution is -2.61. The number of aliphatic hydroxyl groups excluding tert-OH is 3. The van der Waals surface area contributed by atoms with Crippen molar-refractivity contribution < 1.29 is 49.3 Å². The van der Waals surface area contributed by atoms with Gasteiger partial charge in [0.25, 0.3) is 0 Å². The van der Waals surface area contributed by atoms with Crippen LogP contribution in [0, 0.1) is 0 Å². The lowest BCUT2D eigenvalue weighted by atomic mass is 9.99. The maximum absolute atomic E-state index is 12.7. The van der Waals surface area contributed by atoms with Crippen LogP contribution in [0.25, 0.3) is 22.3 Å². The topological polar surface area (TPSA) is 187 Å². The SMILES string of the molecule is O=C(O)C1OC(Oc2c(O)cc3oc(-c4ccccc4)cc(=O)c3c2O)C(O)C(O)C1O. The Kier molecular flexibility index (Phi) is 5.48.